The van der Waals surface area contributed by atoms with E-state index in [-0.39, 0.29) is 11.7 Å². The zero-order chi connectivity index (χ0) is 18.4. The summed E-state index contributed by atoms with van der Waals surface area (Å²) in [4.78, 5) is 18.3. The SMILES string of the molecule is CC(C)C(CNC(=O)CCc1ncc(-c2ccc(F)cc2)o1)N(C)C. The molecule has 0 saturated heterocycles. The van der Waals surface area contributed by atoms with Gasteiger partial charge in [0.25, 0.3) is 0 Å². The highest BCUT2D eigenvalue weighted by Crippen LogP contribution is 2.21. The molecule has 0 spiro atoms. The van der Waals surface area contributed by atoms with Crippen molar-refractivity contribution in [2.75, 3.05) is 20.6 Å². The molecule has 136 valence electrons. The Morgan fingerprint density at radius 3 is 2.56 bits per heavy atom. The number of aromatic nitrogens is 1. The topological polar surface area (TPSA) is 58.4 Å². The van der Waals surface area contributed by atoms with Gasteiger partial charge in [0.05, 0.1) is 6.20 Å². The van der Waals surface area contributed by atoms with E-state index in [1.807, 2.05) is 14.1 Å². The van der Waals surface area contributed by atoms with E-state index in [1.54, 1.807) is 18.3 Å². The van der Waals surface area contributed by atoms with Crippen molar-refractivity contribution in [3.8, 4) is 11.3 Å². The summed E-state index contributed by atoms with van der Waals surface area (Å²) in [7, 11) is 4.03. The van der Waals surface area contributed by atoms with Crippen molar-refractivity contribution in [3.05, 3.63) is 42.2 Å². The van der Waals surface area contributed by atoms with Gasteiger partial charge in [-0.25, -0.2) is 9.37 Å². The van der Waals surface area contributed by atoms with Crippen LogP contribution in [0, 0.1) is 11.7 Å². The lowest BCUT2D eigenvalue weighted by Crippen LogP contribution is -2.43. The Morgan fingerprint density at radius 2 is 1.96 bits per heavy atom. The second-order valence-corrected chi connectivity index (χ2v) is 6.70. The fourth-order valence-corrected chi connectivity index (χ4v) is 2.72. The Hall–Kier alpha value is -2.21. The van der Waals surface area contributed by atoms with Gasteiger partial charge in [-0.15, -0.1) is 0 Å². The molecule has 0 radical (unpaired) electrons. The standard InChI is InChI=1S/C19H26FN3O2/c1-13(2)16(23(3)4)11-21-18(24)9-10-19-22-12-17(25-19)14-5-7-15(20)8-6-14/h5-8,12-13,16H,9-11H2,1-4H3,(H,21,24). The molecular formula is C19H26FN3O2. The quantitative estimate of drug-likeness (QED) is 0.797. The predicted octanol–water partition coefficient (Wildman–Crippen LogP) is 3.12. The maximum Gasteiger partial charge on any atom is 0.220 e. The molecule has 2 rings (SSSR count). The Bertz CT molecular complexity index is 672. The molecule has 1 heterocycles. The van der Waals surface area contributed by atoms with Crippen LogP contribution in [0.2, 0.25) is 0 Å². The fraction of sp³-hybridized carbons (Fsp3) is 0.474. The van der Waals surface area contributed by atoms with Crippen molar-refractivity contribution in [3.63, 3.8) is 0 Å². The number of carbonyl (C=O) groups is 1. The van der Waals surface area contributed by atoms with Crippen molar-refractivity contribution in [1.82, 2.24) is 15.2 Å². The summed E-state index contributed by atoms with van der Waals surface area (Å²) in [6, 6.07) is 6.33. The average Bonchev–Trinajstić information content (AvgIpc) is 3.02. The van der Waals surface area contributed by atoms with Crippen LogP contribution in [0.5, 0.6) is 0 Å². The van der Waals surface area contributed by atoms with E-state index in [1.165, 1.54) is 12.1 Å². The van der Waals surface area contributed by atoms with Crippen LogP contribution in [-0.2, 0) is 11.2 Å². The molecular weight excluding hydrogens is 321 g/mol. The van der Waals surface area contributed by atoms with Gasteiger partial charge in [-0.3, -0.25) is 4.79 Å². The first-order valence-electron chi connectivity index (χ1n) is 8.50. The monoisotopic (exact) mass is 347 g/mol. The molecule has 0 aliphatic heterocycles. The molecule has 1 atom stereocenters. The highest BCUT2D eigenvalue weighted by Gasteiger charge is 2.17. The first kappa shape index (κ1) is 19.1. The molecule has 2 aromatic rings. The number of hydrogen-bond donors (Lipinski definition) is 1. The lowest BCUT2D eigenvalue weighted by Gasteiger charge is -2.28. The smallest absolute Gasteiger partial charge is 0.220 e. The molecule has 0 bridgehead atoms. The van der Waals surface area contributed by atoms with Gasteiger partial charge < -0.3 is 14.6 Å². The van der Waals surface area contributed by atoms with Crippen LogP contribution in [0.4, 0.5) is 4.39 Å². The molecule has 1 unspecified atom stereocenters. The van der Waals surface area contributed by atoms with Gasteiger partial charge >= 0.3 is 0 Å². The third kappa shape index (κ3) is 5.67. The Morgan fingerprint density at radius 1 is 1.28 bits per heavy atom. The van der Waals surface area contributed by atoms with Crippen LogP contribution in [0.3, 0.4) is 0 Å². The molecule has 0 fully saturated rings. The normalized spacial score (nSPS) is 12.6. The number of aryl methyl sites for hydroxylation is 1. The van der Waals surface area contributed by atoms with E-state index in [4.69, 9.17) is 4.42 Å². The maximum atomic E-state index is 13.0. The number of nitrogens with one attached hydrogen (secondary N) is 1. The Balaban J connectivity index is 1.83. The summed E-state index contributed by atoms with van der Waals surface area (Å²) >= 11 is 0. The number of carbonyl (C=O) groups excluding carboxylic acids is 1. The van der Waals surface area contributed by atoms with Crippen LogP contribution in [-0.4, -0.2) is 42.5 Å². The lowest BCUT2D eigenvalue weighted by molar-refractivity contribution is -0.121. The number of nitrogens with zero attached hydrogens (tertiary/aromatic N) is 2. The molecule has 0 aliphatic rings. The van der Waals surface area contributed by atoms with Crippen molar-refractivity contribution >= 4 is 5.91 Å². The first-order chi connectivity index (χ1) is 11.9. The number of hydrogen-bond acceptors (Lipinski definition) is 4. The van der Waals surface area contributed by atoms with Gasteiger partial charge in [-0.1, -0.05) is 13.8 Å². The highest BCUT2D eigenvalue weighted by molar-refractivity contribution is 5.76. The second-order valence-electron chi connectivity index (χ2n) is 6.70. The van der Waals surface area contributed by atoms with Gasteiger partial charge in [0, 0.05) is 31.0 Å². The highest BCUT2D eigenvalue weighted by atomic mass is 19.1. The second kappa shape index (κ2) is 8.76. The third-order valence-electron chi connectivity index (χ3n) is 4.19. The Labute approximate surface area is 148 Å². The molecule has 1 aromatic heterocycles. The summed E-state index contributed by atoms with van der Waals surface area (Å²) in [5, 5.41) is 2.97. The summed E-state index contributed by atoms with van der Waals surface area (Å²) in [6.07, 6.45) is 2.35. The number of rotatable bonds is 8. The lowest BCUT2D eigenvalue weighted by atomic mass is 10.0. The summed E-state index contributed by atoms with van der Waals surface area (Å²) < 4.78 is 18.6. The minimum atomic E-state index is -0.294. The maximum absolute atomic E-state index is 13.0. The molecule has 5 nitrogen and oxygen atoms in total. The van der Waals surface area contributed by atoms with Crippen LogP contribution < -0.4 is 5.32 Å². The molecule has 0 aliphatic carbocycles. The van der Waals surface area contributed by atoms with Gasteiger partial charge in [0.1, 0.15) is 5.82 Å². The van der Waals surface area contributed by atoms with Crippen molar-refractivity contribution in [2.45, 2.75) is 32.7 Å². The van der Waals surface area contributed by atoms with Crippen molar-refractivity contribution in [2.24, 2.45) is 5.92 Å². The number of benzene rings is 1. The molecule has 25 heavy (non-hydrogen) atoms. The minimum Gasteiger partial charge on any atom is -0.441 e. The average molecular weight is 347 g/mol. The predicted molar refractivity (Wildman–Crippen MR) is 95.5 cm³/mol. The van der Waals surface area contributed by atoms with E-state index < -0.39 is 0 Å². The van der Waals surface area contributed by atoms with E-state index >= 15 is 0 Å². The van der Waals surface area contributed by atoms with Crippen LogP contribution in [0.25, 0.3) is 11.3 Å². The van der Waals surface area contributed by atoms with Gasteiger partial charge in [0.15, 0.2) is 11.7 Å². The van der Waals surface area contributed by atoms with Gasteiger partial charge in [-0.05, 0) is 44.3 Å². The van der Waals surface area contributed by atoms with Gasteiger partial charge in [0.2, 0.25) is 5.91 Å². The first-order valence-corrected chi connectivity index (χ1v) is 8.50. The van der Waals surface area contributed by atoms with Crippen LogP contribution in [0.15, 0.2) is 34.9 Å². The molecule has 0 saturated carbocycles. The fourth-order valence-electron chi connectivity index (χ4n) is 2.72. The van der Waals surface area contributed by atoms with Crippen molar-refractivity contribution < 1.29 is 13.6 Å². The molecule has 1 N–H and O–H groups in total. The van der Waals surface area contributed by atoms with Crippen molar-refractivity contribution in [1.29, 1.82) is 0 Å². The summed E-state index contributed by atoms with van der Waals surface area (Å²) in [5.41, 5.74) is 0.760. The number of amides is 1. The zero-order valence-corrected chi connectivity index (χ0v) is 15.3. The van der Waals surface area contributed by atoms with E-state index in [0.717, 1.165) is 5.56 Å². The third-order valence-corrected chi connectivity index (χ3v) is 4.19. The summed E-state index contributed by atoms with van der Waals surface area (Å²) in [5.74, 6) is 1.22. The van der Waals surface area contributed by atoms with Gasteiger partial charge in [-0.2, -0.15) is 0 Å². The van der Waals surface area contributed by atoms with E-state index in [2.05, 4.69) is 29.0 Å². The van der Waals surface area contributed by atoms with Crippen LogP contribution >= 0.6 is 0 Å². The van der Waals surface area contributed by atoms with Crippen LogP contribution in [0.1, 0.15) is 26.2 Å². The molecule has 1 aromatic carbocycles. The zero-order valence-electron chi connectivity index (χ0n) is 15.3. The molecule has 1 amide bonds. The summed E-state index contributed by atoms with van der Waals surface area (Å²) in [6.45, 7) is 4.90. The molecule has 6 heteroatoms. The van der Waals surface area contributed by atoms with E-state index in [0.29, 0.717) is 43.0 Å². The number of halogens is 1. The number of oxazole rings is 1. The largest absolute Gasteiger partial charge is 0.441 e. The Kier molecular flexibility index (Phi) is 6.70. The number of likely N-dealkylation sites (N-methyl/N-ethyl adjacent to an activating group) is 1. The minimum absolute atomic E-state index is 0.0194. The van der Waals surface area contributed by atoms with E-state index in [9.17, 15) is 9.18 Å².